The topological polar surface area (TPSA) is 160 Å². The number of thiazole rings is 1. The van der Waals surface area contributed by atoms with Crippen LogP contribution < -0.4 is 19.6 Å². The van der Waals surface area contributed by atoms with Gasteiger partial charge in [0.2, 0.25) is 23.1 Å². The minimum atomic E-state index is -0.689. The molecule has 0 bridgehead atoms. The Morgan fingerprint density at radius 3 is 1.30 bits per heavy atom. The molecule has 4 fully saturated rings. The van der Waals surface area contributed by atoms with Gasteiger partial charge in [0.1, 0.15) is 75.6 Å². The summed E-state index contributed by atoms with van der Waals surface area (Å²) in [4.78, 5) is 51.5. The summed E-state index contributed by atoms with van der Waals surface area (Å²) >= 11 is 5.03. The van der Waals surface area contributed by atoms with Gasteiger partial charge in [-0.3, -0.25) is 17.6 Å². The lowest BCUT2D eigenvalue weighted by Gasteiger charge is -2.29. The monoisotopic (exact) mass is 1340 g/mol. The molecule has 486 valence electrons. The van der Waals surface area contributed by atoms with Crippen LogP contribution in [0.4, 0.5) is 40.8 Å². The predicted octanol–water partition coefficient (Wildman–Crippen LogP) is 16.0. The van der Waals surface area contributed by atoms with Gasteiger partial charge in [-0.05, 0) is 129 Å². The molecule has 0 saturated carbocycles. The molecule has 0 N–H and O–H groups in total. The summed E-state index contributed by atoms with van der Waals surface area (Å²) < 4.78 is 69.2. The Hall–Kier alpha value is -9.85. The fourth-order valence-corrected chi connectivity index (χ4v) is 15.1. The normalized spacial score (nSPS) is 16.2. The molecule has 4 aliphatic heterocycles. The number of alkyl halides is 4. The van der Waals surface area contributed by atoms with Gasteiger partial charge < -0.3 is 24.0 Å². The quantitative estimate of drug-likeness (QED) is 0.132. The molecule has 19 rings (SSSR count). The van der Waals surface area contributed by atoms with Gasteiger partial charge in [-0.2, -0.15) is 31.3 Å². The molecule has 0 radical (unpaired) electrons. The van der Waals surface area contributed by atoms with Gasteiger partial charge in [-0.25, -0.2) is 42.5 Å². The number of anilines is 4. The molecule has 4 aliphatic rings. The third kappa shape index (κ3) is 13.2. The number of halogens is 4. The number of piperidine rings is 4. The average molecular weight is 1340 g/mol. The molecule has 18 nitrogen and oxygen atoms in total. The molecule has 0 aliphatic carbocycles. The second-order valence-electron chi connectivity index (χ2n) is 24.4. The first-order valence-electron chi connectivity index (χ1n) is 32.4. The molecule has 96 heavy (non-hydrogen) atoms. The number of furan rings is 1. The van der Waals surface area contributed by atoms with Gasteiger partial charge in [-0.1, -0.05) is 48.5 Å². The highest BCUT2D eigenvalue weighted by molar-refractivity contribution is 7.22. The number of benzene rings is 3. The van der Waals surface area contributed by atoms with Gasteiger partial charge in [0.05, 0.1) is 20.8 Å². The minimum Gasteiger partial charge on any atom is -0.454 e. The van der Waals surface area contributed by atoms with E-state index in [0.29, 0.717) is 114 Å². The van der Waals surface area contributed by atoms with Crippen molar-refractivity contribution < 1.29 is 22.0 Å². The lowest BCUT2D eigenvalue weighted by Crippen LogP contribution is -2.34. The summed E-state index contributed by atoms with van der Waals surface area (Å²) in [6, 6.07) is 38.4. The van der Waals surface area contributed by atoms with Crippen LogP contribution in [0.5, 0.6) is 0 Å². The smallest absolute Gasteiger partial charge is 0.236 e. The van der Waals surface area contributed by atoms with Crippen LogP contribution in [-0.4, -0.2) is 140 Å². The summed E-state index contributed by atoms with van der Waals surface area (Å²) in [6.45, 7) is 5.68. The number of aromatic nitrogens is 13. The summed E-state index contributed by atoms with van der Waals surface area (Å²) in [6.07, 6.45) is 17.6. The molecular formula is C71H65F4N17OS3. The SMILES string of the molecule is FC1CCN(c2ccn3cc(-c4cc5ccccc5o4)nc3n2)CC1.FC1CCN(c2ccn3cc(-c4cc5ccccc5s4)nc3n2)CC1.FC1CCN(c2ccn3cc(-c4ccsc4)nc3n2)CC1.FC1CCN(c2ccn3cc(-c4nc5ccccc5s4)nc3n2)CC1. The molecule has 12 aromatic heterocycles. The zero-order chi connectivity index (χ0) is 64.6. The standard InChI is InChI=1S/C19H17FN4O.C19H17FN4S.C18H16FN5S.C15H15FN4S/c2*20-14-5-8-23(9-6-14)18-7-10-24-12-15(21-19(24)22-18)17-11-13-3-1-2-4-16(13)25-17;19-12-5-8-23(9-6-12)16-7-10-24-11-14(21-18(24)22-16)17-20-13-3-1-2-4-15(13)25-17;16-12-1-5-19(6-2-12)14-3-7-20-9-13(17-15(20)18-14)11-4-8-21-10-11/h2*1-4,7,10-12,14H,5-6,8-9H2;1-4,7,10-12H,5-6,8-9H2;3-4,7-10,12H,1-2,5-6H2. The van der Waals surface area contributed by atoms with E-state index in [0.717, 1.165) is 102 Å². The van der Waals surface area contributed by atoms with Gasteiger partial charge in [0.25, 0.3) is 0 Å². The first-order chi connectivity index (χ1) is 47.1. The van der Waals surface area contributed by atoms with Crippen molar-refractivity contribution in [3.05, 3.63) is 176 Å². The highest BCUT2D eigenvalue weighted by atomic mass is 32.1. The van der Waals surface area contributed by atoms with Crippen molar-refractivity contribution in [2.45, 2.75) is 76.1 Å². The second-order valence-corrected chi connectivity index (χ2v) is 27.3. The van der Waals surface area contributed by atoms with Crippen molar-refractivity contribution >= 4 is 112 Å². The van der Waals surface area contributed by atoms with E-state index >= 15 is 0 Å². The Morgan fingerprint density at radius 1 is 0.385 bits per heavy atom. The van der Waals surface area contributed by atoms with Crippen molar-refractivity contribution in [2.24, 2.45) is 0 Å². The maximum atomic E-state index is 13.3. The number of nitrogens with zero attached hydrogens (tertiary/aromatic N) is 17. The lowest BCUT2D eigenvalue weighted by molar-refractivity contribution is 0.276. The van der Waals surface area contributed by atoms with Crippen LogP contribution in [-0.2, 0) is 0 Å². The number of thiophene rings is 2. The molecule has 4 saturated heterocycles. The van der Waals surface area contributed by atoms with E-state index in [1.807, 2.05) is 145 Å². The number of hydrogen-bond acceptors (Lipinski definition) is 17. The van der Waals surface area contributed by atoms with E-state index in [2.05, 4.69) is 107 Å². The summed E-state index contributed by atoms with van der Waals surface area (Å²) in [5.41, 5.74) is 6.40. The van der Waals surface area contributed by atoms with E-state index in [4.69, 9.17) is 9.40 Å². The lowest BCUT2D eigenvalue weighted by atomic mass is 10.1. The number of hydrogen-bond donors (Lipinski definition) is 0. The summed E-state index contributed by atoms with van der Waals surface area (Å²) in [5.74, 6) is 6.85. The highest BCUT2D eigenvalue weighted by Gasteiger charge is 2.25. The highest BCUT2D eigenvalue weighted by Crippen LogP contribution is 2.35. The van der Waals surface area contributed by atoms with Crippen molar-refractivity contribution in [1.29, 1.82) is 0 Å². The first kappa shape index (κ1) is 61.1. The van der Waals surface area contributed by atoms with E-state index < -0.39 is 24.7 Å². The van der Waals surface area contributed by atoms with Gasteiger partial charge >= 0.3 is 0 Å². The molecular weight excluding hydrogens is 1280 g/mol. The van der Waals surface area contributed by atoms with Gasteiger partial charge in [0, 0.05) is 123 Å². The largest absolute Gasteiger partial charge is 0.454 e. The summed E-state index contributed by atoms with van der Waals surface area (Å²) in [7, 11) is 0. The second kappa shape index (κ2) is 26.7. The molecule has 3 aromatic carbocycles. The fraction of sp³-hybridized carbons (Fsp3) is 0.282. The molecule has 0 atom stereocenters. The van der Waals surface area contributed by atoms with Gasteiger partial charge in [-0.15, -0.1) is 22.7 Å². The third-order valence-electron chi connectivity index (χ3n) is 17.9. The van der Waals surface area contributed by atoms with Crippen molar-refractivity contribution in [1.82, 2.24) is 62.5 Å². The minimum absolute atomic E-state index is 0.561. The maximum absolute atomic E-state index is 13.3. The van der Waals surface area contributed by atoms with Crippen LogP contribution in [0.15, 0.2) is 180 Å². The molecule has 25 heteroatoms. The number of para-hydroxylation sites is 2. The van der Waals surface area contributed by atoms with E-state index in [1.54, 1.807) is 34.0 Å². The number of fused-ring (bicyclic) bond motifs is 7. The Kier molecular flexibility index (Phi) is 17.0. The van der Waals surface area contributed by atoms with Crippen LogP contribution in [0, 0.1) is 0 Å². The van der Waals surface area contributed by atoms with E-state index in [1.165, 1.54) is 10.1 Å². The zero-order valence-electron chi connectivity index (χ0n) is 52.1. The Bertz CT molecular complexity index is 4660. The van der Waals surface area contributed by atoms with Crippen LogP contribution in [0.1, 0.15) is 51.4 Å². The van der Waals surface area contributed by atoms with Crippen LogP contribution >= 0.6 is 34.0 Å². The average Bonchev–Trinajstić information content (AvgIpc) is 1.71. The Labute approximate surface area is 560 Å². The fourth-order valence-electron chi connectivity index (χ4n) is 12.6. The molecule has 0 unspecified atom stereocenters. The predicted molar refractivity (Wildman–Crippen MR) is 375 cm³/mol. The van der Waals surface area contributed by atoms with Crippen LogP contribution in [0.2, 0.25) is 0 Å². The molecule has 16 heterocycles. The third-order valence-corrected chi connectivity index (χ3v) is 20.8. The molecule has 0 spiro atoms. The molecule has 0 amide bonds. The number of rotatable bonds is 8. The van der Waals surface area contributed by atoms with Crippen molar-refractivity contribution in [3.63, 3.8) is 0 Å². The Balaban J connectivity index is 0.000000101. The van der Waals surface area contributed by atoms with Crippen molar-refractivity contribution in [3.8, 4) is 44.0 Å². The summed E-state index contributed by atoms with van der Waals surface area (Å²) in [5, 5.41) is 7.31. The van der Waals surface area contributed by atoms with Gasteiger partial charge in [0.15, 0.2) is 5.76 Å². The molecule has 15 aromatic rings. The van der Waals surface area contributed by atoms with Crippen LogP contribution in [0.3, 0.4) is 0 Å². The maximum Gasteiger partial charge on any atom is 0.236 e. The zero-order valence-corrected chi connectivity index (χ0v) is 54.6. The van der Waals surface area contributed by atoms with Crippen LogP contribution in [0.25, 0.3) is 98.4 Å². The van der Waals surface area contributed by atoms with E-state index in [-0.39, 0.29) is 0 Å². The first-order valence-corrected chi connectivity index (χ1v) is 35.0. The van der Waals surface area contributed by atoms with Crippen molar-refractivity contribution in [2.75, 3.05) is 72.0 Å². The van der Waals surface area contributed by atoms with E-state index in [9.17, 15) is 17.6 Å². The number of imidazole rings is 4. The Morgan fingerprint density at radius 2 is 0.812 bits per heavy atom.